The van der Waals surface area contributed by atoms with Gasteiger partial charge < -0.3 is 74.4 Å². The number of amides is 4. The Hall–Kier alpha value is -3.26. The molecule has 7 rings (SSSR count). The third-order valence-corrected chi connectivity index (χ3v) is 14.3. The fourth-order valence-electron chi connectivity index (χ4n) is 8.19. The number of nitrogens with one attached hydrogen (secondary N) is 1. The van der Waals surface area contributed by atoms with Crippen LogP contribution in [0, 0.1) is 29.6 Å². The van der Waals surface area contributed by atoms with Crippen LogP contribution in [0.1, 0.15) is 145 Å². The van der Waals surface area contributed by atoms with Crippen molar-refractivity contribution in [1.29, 1.82) is 0 Å². The van der Waals surface area contributed by atoms with E-state index in [9.17, 15) is 44.1 Å². The van der Waals surface area contributed by atoms with Crippen molar-refractivity contribution < 1.29 is 93.0 Å². The van der Waals surface area contributed by atoms with Gasteiger partial charge in [-0.05, 0) is 135 Å². The average molecular weight is 1180 g/mol. The first-order chi connectivity index (χ1) is 32.4. The minimum absolute atomic E-state index is 0. The van der Waals surface area contributed by atoms with Gasteiger partial charge >= 0.3 is 47.6 Å². The Morgan fingerprint density at radius 3 is 1.62 bits per heavy atom. The summed E-state index contributed by atoms with van der Waals surface area (Å²) in [5.74, 6) is -2.32. The number of aliphatic hydroxyl groups excluding tert-OH is 3. The number of ether oxygens (including phenoxy) is 3. The van der Waals surface area contributed by atoms with Gasteiger partial charge in [0.05, 0.1) is 47.1 Å². The maximum absolute atomic E-state index is 11.6. The predicted octanol–water partition coefficient (Wildman–Crippen LogP) is 4.24. The van der Waals surface area contributed by atoms with Crippen molar-refractivity contribution in [2.45, 2.75) is 197 Å². The molecule has 4 saturated carbocycles. The molecule has 0 aromatic heterocycles. The van der Waals surface area contributed by atoms with Crippen LogP contribution in [-0.2, 0) is 38.2 Å². The average Bonchev–Trinajstić information content (AvgIpc) is 3.98. The second-order valence-corrected chi connectivity index (χ2v) is 21.1. The number of hydrogen-bond donors (Lipinski definition) is 9. The molecule has 6 fully saturated rings. The van der Waals surface area contributed by atoms with E-state index in [1.165, 1.54) is 17.8 Å². The number of nitrogens with zero attached hydrogens (tertiary/aromatic N) is 6. The molecule has 14 N–H and O–H groups in total. The maximum Gasteiger partial charge on any atom is 1.00 e. The molecule has 27 heteroatoms. The number of fused-ring (bicyclic) bond motifs is 2. The van der Waals surface area contributed by atoms with E-state index in [1.807, 2.05) is 12.2 Å². The van der Waals surface area contributed by atoms with Crippen molar-refractivity contribution >= 4 is 67.6 Å². The molecule has 2 heterocycles. The Balaban J connectivity index is -0.000000393. The number of aliphatic hydroxyl groups is 3. The van der Waals surface area contributed by atoms with Crippen LogP contribution in [0.25, 0.3) is 26.4 Å². The third kappa shape index (κ3) is 32.1. The summed E-state index contributed by atoms with van der Waals surface area (Å²) in [6.07, 6.45) is 14.7. The summed E-state index contributed by atoms with van der Waals surface area (Å²) in [6, 6.07) is -0.781. The van der Waals surface area contributed by atoms with E-state index in [0.717, 1.165) is 64.6 Å². The first kappa shape index (κ1) is 76.3. The van der Waals surface area contributed by atoms with Crippen molar-refractivity contribution in [1.82, 2.24) is 11.5 Å². The first-order valence-electron chi connectivity index (χ1n) is 23.3. The summed E-state index contributed by atoms with van der Waals surface area (Å²) in [6.45, 7) is 7.31. The maximum atomic E-state index is 11.6. The van der Waals surface area contributed by atoms with Crippen molar-refractivity contribution in [3.63, 3.8) is 0 Å². The van der Waals surface area contributed by atoms with Crippen molar-refractivity contribution in [3.05, 3.63) is 38.6 Å². The number of aliphatic carboxylic acids is 1. The molecule has 2 saturated heterocycles. The number of esters is 1. The van der Waals surface area contributed by atoms with E-state index in [0.29, 0.717) is 43.4 Å². The summed E-state index contributed by atoms with van der Waals surface area (Å²) in [5, 5.41) is 43.2. The van der Waals surface area contributed by atoms with Gasteiger partial charge in [-0.1, -0.05) is 64.0 Å². The molecule has 24 nitrogen and oxygen atoms in total. The van der Waals surface area contributed by atoms with Gasteiger partial charge in [0, 0.05) is 40.7 Å². The molecule has 73 heavy (non-hydrogen) atoms. The molecule has 0 aromatic rings. The quantitative estimate of drug-likeness (QED) is 0.0342. The zero-order valence-electron chi connectivity index (χ0n) is 41.4. The van der Waals surface area contributed by atoms with Crippen LogP contribution < -0.4 is 58.2 Å². The van der Waals surface area contributed by atoms with Gasteiger partial charge in [0.2, 0.25) is 17.7 Å². The molecule has 13 atom stereocenters. The smallest absolute Gasteiger partial charge is 0.481 e. The zero-order chi connectivity index (χ0) is 52.3. The summed E-state index contributed by atoms with van der Waals surface area (Å²) < 4.78 is 15.2. The van der Waals surface area contributed by atoms with Gasteiger partial charge in [-0.2, -0.15) is 0 Å². The fraction of sp³-hybridized carbons (Fsp3) is 0.826. The minimum atomic E-state index is -0.760. The normalized spacial score (nSPS) is 30.0. The minimum Gasteiger partial charge on any atom is -0.481 e. The largest absolute Gasteiger partial charge is 1.00 e. The van der Waals surface area contributed by atoms with Gasteiger partial charge in [-0.25, -0.2) is 4.79 Å². The molecule has 4 amide bonds. The molecule has 416 valence electrons. The van der Waals surface area contributed by atoms with Crippen LogP contribution in [-0.4, -0.2) is 121 Å². The summed E-state index contributed by atoms with van der Waals surface area (Å²) >= 11 is 6.82. The number of nitrogens with two attached hydrogens (primary N) is 3. The second kappa shape index (κ2) is 41.0. The molecule has 7 aliphatic rings. The number of carboxylic acid groups (broad SMARTS) is 1. The Labute approximate surface area is 469 Å². The topological polar surface area (TPSA) is 444 Å². The number of rotatable bonds is 6. The number of carbonyl (C=O) groups is 6. The van der Waals surface area contributed by atoms with Gasteiger partial charge in [0.1, 0.15) is 11.7 Å². The van der Waals surface area contributed by atoms with Gasteiger partial charge in [0.25, 0.3) is 0 Å². The summed E-state index contributed by atoms with van der Waals surface area (Å²) in [7, 11) is 0. The van der Waals surface area contributed by atoms with Crippen LogP contribution in [0.15, 0.2) is 17.3 Å². The number of carbonyl (C=O) groups excluding carboxylic acids is 5. The molecular weight excluding hydrogens is 1100 g/mol. The van der Waals surface area contributed by atoms with Crippen LogP contribution in [0.3, 0.4) is 0 Å². The van der Waals surface area contributed by atoms with Gasteiger partial charge in [0.15, 0.2) is 0 Å². The number of halogens is 2. The number of carboxylic acids is 1. The van der Waals surface area contributed by atoms with Crippen LogP contribution in [0.2, 0.25) is 0 Å². The molecule has 2 aliphatic heterocycles. The molecular formula is C46H84Br2N11NaO13. The number of azide groups is 1. The monoisotopic (exact) mass is 1180 g/mol. The van der Waals surface area contributed by atoms with Gasteiger partial charge in [-0.3, -0.25) is 28.9 Å². The Bertz CT molecular complexity index is 1750. The van der Waals surface area contributed by atoms with Crippen LogP contribution in [0.5, 0.6) is 0 Å². The summed E-state index contributed by atoms with van der Waals surface area (Å²) in [4.78, 5) is 70.0. The second-order valence-electron chi connectivity index (χ2n) is 18.7. The van der Waals surface area contributed by atoms with E-state index in [4.69, 9.17) is 53.1 Å². The standard InChI is InChI=1S/C12H22N2O4.C7H12BrNO2.C7H9BrO2.C7H12N4O2.C7H10O2.C4H8O.2CH4.N3.H3N.Na/c1-12(2,3)18-11(17)14-8-5-4-7(10(13)16)6-9(8)15;8-5-2-1-4(7(9)11)3-6(5)10;8-5-2-1-4-3-6(5)10-7(4)9;8-7(13)4-1-2-5(10-11-9)6(12)3-4;8-7(9)6-4-2-1-3-5-6;1-2-4-5-3-1;;;1-3-2;;/h7-9,15H,4-6H2,1-3H3,(H2,13,16)(H,14,17);4-6,10H,1-3H2,(H2,9,11);4-6H,1-3H2;4-6,12H,1-3H2,(H2,8,13);1-2,6H,3-5H2,(H,8,9);1-4H2;2*1H4;;1H3;/q;;;;;;;;-1;;+1/t7-,8-,9-;2*4-,5+,6-;4-,5-,6-;;;;;;;/m1111......./s1. The molecule has 0 radical (unpaired) electrons. The van der Waals surface area contributed by atoms with E-state index < -0.39 is 53.8 Å². The van der Waals surface area contributed by atoms with Crippen LogP contribution in [0.4, 0.5) is 4.79 Å². The summed E-state index contributed by atoms with van der Waals surface area (Å²) in [5.41, 5.74) is 36.5. The van der Waals surface area contributed by atoms with E-state index in [2.05, 4.69) is 47.2 Å². The van der Waals surface area contributed by atoms with Crippen molar-refractivity contribution in [2.75, 3.05) is 13.2 Å². The third-order valence-electron chi connectivity index (χ3n) is 12.2. The van der Waals surface area contributed by atoms with Gasteiger partial charge in [-0.15, -0.1) is 0 Å². The number of hydrogen-bond acceptors (Lipinski definition) is 14. The zero-order valence-corrected chi connectivity index (χ0v) is 46.6. The molecule has 5 aliphatic carbocycles. The first-order valence-corrected chi connectivity index (χ1v) is 25.2. The van der Waals surface area contributed by atoms with E-state index in [-0.39, 0.29) is 115 Å². The number of alkyl carbamates (subject to hydrolysis) is 1. The molecule has 1 unspecified atom stereocenters. The Kier molecular flexibility index (Phi) is 42.8. The number of allylic oxidation sites excluding steroid dienone is 2. The predicted molar refractivity (Wildman–Crippen MR) is 279 cm³/mol. The van der Waals surface area contributed by atoms with Crippen molar-refractivity contribution in [3.8, 4) is 0 Å². The molecule has 2 bridgehead atoms. The van der Waals surface area contributed by atoms with Crippen molar-refractivity contribution in [2.24, 2.45) is 51.9 Å². The van der Waals surface area contributed by atoms with E-state index >= 15 is 0 Å². The fourth-order valence-corrected chi connectivity index (χ4v) is 9.26. The van der Waals surface area contributed by atoms with Crippen LogP contribution >= 0.6 is 31.9 Å². The number of alkyl halides is 2. The van der Waals surface area contributed by atoms with E-state index in [1.54, 1.807) is 20.8 Å². The Morgan fingerprint density at radius 1 is 0.740 bits per heavy atom. The molecule has 0 aromatic carbocycles. The SMILES string of the molecule is C.C.C1CCOC1.CC(C)(C)OC(=O)N[C@@H]1CC[C@@H](C(N)=O)C[C@H]1O.N.NC(=O)[C@@H]1CC[C@H](Br)[C@H](O)C1.O=C(O)C1CC=CCC1.O=C1O[C@@H]2C[C@H]1CC[C@@H]2Br.[N-]=[N+]=N[C@@H]1CC[C@@H](C(N)=O)C[C@H]1O.[N-]=[N+]=[N-].[Na+]. The number of primary amides is 3. The Morgan fingerprint density at radius 2 is 1.23 bits per heavy atom. The molecule has 0 spiro atoms.